The van der Waals surface area contributed by atoms with Crippen molar-refractivity contribution < 1.29 is 10.3 Å². The van der Waals surface area contributed by atoms with E-state index in [-0.39, 0.29) is 12.4 Å². The second-order valence-corrected chi connectivity index (χ2v) is 6.79. The number of oxime groups is 1. The van der Waals surface area contributed by atoms with Gasteiger partial charge in [-0.3, -0.25) is 0 Å². The molecule has 1 saturated heterocycles. The number of hydrogen-bond donors (Lipinski definition) is 2. The SMILES string of the molecule is Cl.ON=Cc1ccccc1CC(O)CN1CCC(c2ccccc2)CC1. The lowest BCUT2D eigenvalue weighted by Crippen LogP contribution is -2.39. The number of β-amino-alcohol motifs (C(OH)–C–C–N with tert-alkyl or cyclic N) is 1. The summed E-state index contributed by atoms with van der Waals surface area (Å²) in [6, 6.07) is 18.4. The van der Waals surface area contributed by atoms with Gasteiger partial charge >= 0.3 is 0 Å². The Kier molecular flexibility index (Phi) is 8.10. The fourth-order valence-corrected chi connectivity index (χ4v) is 3.70. The fourth-order valence-electron chi connectivity index (χ4n) is 3.70. The maximum Gasteiger partial charge on any atom is 0.0736 e. The number of hydrogen-bond acceptors (Lipinski definition) is 4. The van der Waals surface area contributed by atoms with Crippen LogP contribution in [-0.2, 0) is 6.42 Å². The molecule has 1 heterocycles. The highest BCUT2D eigenvalue weighted by Gasteiger charge is 2.22. The Bertz CT molecular complexity index is 685. The van der Waals surface area contributed by atoms with Crippen molar-refractivity contribution in [3.63, 3.8) is 0 Å². The summed E-state index contributed by atoms with van der Waals surface area (Å²) in [5, 5.41) is 22.3. The number of piperidine rings is 1. The normalized spacial score (nSPS) is 17.1. The van der Waals surface area contributed by atoms with Crippen LogP contribution in [0.4, 0.5) is 0 Å². The quantitative estimate of drug-likeness (QED) is 0.460. The van der Waals surface area contributed by atoms with Crippen LogP contribution in [0.2, 0.25) is 0 Å². The monoisotopic (exact) mass is 374 g/mol. The van der Waals surface area contributed by atoms with Gasteiger partial charge in [-0.25, -0.2) is 0 Å². The summed E-state index contributed by atoms with van der Waals surface area (Å²) in [7, 11) is 0. The van der Waals surface area contributed by atoms with E-state index >= 15 is 0 Å². The number of nitrogens with zero attached hydrogens (tertiary/aromatic N) is 2. The van der Waals surface area contributed by atoms with Gasteiger partial charge in [-0.15, -0.1) is 12.4 Å². The molecule has 0 saturated carbocycles. The average molecular weight is 375 g/mol. The molecular formula is C21H27ClN2O2. The average Bonchev–Trinajstić information content (AvgIpc) is 2.65. The van der Waals surface area contributed by atoms with Crippen LogP contribution in [0.3, 0.4) is 0 Å². The van der Waals surface area contributed by atoms with Crippen molar-refractivity contribution in [2.24, 2.45) is 5.16 Å². The Labute approximate surface area is 161 Å². The van der Waals surface area contributed by atoms with Crippen molar-refractivity contribution in [1.82, 2.24) is 4.90 Å². The minimum Gasteiger partial charge on any atom is -0.411 e. The van der Waals surface area contributed by atoms with Crippen LogP contribution in [0.1, 0.15) is 35.4 Å². The second-order valence-electron chi connectivity index (χ2n) is 6.79. The van der Waals surface area contributed by atoms with Gasteiger partial charge in [0.15, 0.2) is 0 Å². The zero-order chi connectivity index (χ0) is 17.5. The second kappa shape index (κ2) is 10.3. The molecule has 0 amide bonds. The molecule has 1 unspecified atom stereocenters. The molecule has 1 fully saturated rings. The molecule has 1 atom stereocenters. The molecule has 5 heteroatoms. The fraction of sp³-hybridized carbons (Fsp3) is 0.381. The summed E-state index contributed by atoms with van der Waals surface area (Å²) in [6.07, 6.45) is 3.87. The maximum absolute atomic E-state index is 10.5. The molecule has 0 aromatic heterocycles. The summed E-state index contributed by atoms with van der Waals surface area (Å²) >= 11 is 0. The first-order valence-electron chi connectivity index (χ1n) is 8.97. The largest absolute Gasteiger partial charge is 0.411 e. The van der Waals surface area contributed by atoms with E-state index < -0.39 is 6.10 Å². The van der Waals surface area contributed by atoms with Crippen molar-refractivity contribution in [1.29, 1.82) is 0 Å². The van der Waals surface area contributed by atoms with Gasteiger partial charge in [0.1, 0.15) is 0 Å². The minimum absolute atomic E-state index is 0. The van der Waals surface area contributed by atoms with E-state index in [1.54, 1.807) is 0 Å². The van der Waals surface area contributed by atoms with Gasteiger partial charge in [0.05, 0.1) is 12.3 Å². The maximum atomic E-state index is 10.5. The van der Waals surface area contributed by atoms with Crippen molar-refractivity contribution in [3.05, 3.63) is 71.3 Å². The van der Waals surface area contributed by atoms with Gasteiger partial charge in [0, 0.05) is 13.0 Å². The molecule has 0 spiro atoms. The van der Waals surface area contributed by atoms with Gasteiger partial charge in [0.2, 0.25) is 0 Å². The molecule has 3 rings (SSSR count). The summed E-state index contributed by atoms with van der Waals surface area (Å²) in [5.74, 6) is 0.635. The standard InChI is InChI=1S/C21H26N2O2.ClH/c24-21(14-19-8-4-5-9-20(19)15-22-25)16-23-12-10-18(11-13-23)17-6-2-1-3-7-17;/h1-9,15,18,21,24-25H,10-14,16H2;1H. The molecule has 4 nitrogen and oxygen atoms in total. The van der Waals surface area contributed by atoms with Crippen LogP contribution in [0.25, 0.3) is 0 Å². The van der Waals surface area contributed by atoms with Crippen LogP contribution in [-0.4, -0.2) is 47.2 Å². The molecule has 0 aliphatic carbocycles. The first-order valence-corrected chi connectivity index (χ1v) is 8.97. The zero-order valence-corrected chi connectivity index (χ0v) is 15.7. The zero-order valence-electron chi connectivity index (χ0n) is 14.9. The third-order valence-electron chi connectivity index (χ3n) is 5.03. The van der Waals surface area contributed by atoms with Crippen molar-refractivity contribution in [2.75, 3.05) is 19.6 Å². The Hall–Kier alpha value is -1.88. The Morgan fingerprint density at radius 3 is 2.38 bits per heavy atom. The number of rotatable bonds is 6. The number of likely N-dealkylation sites (tertiary alicyclic amines) is 1. The van der Waals surface area contributed by atoms with Crippen LogP contribution in [0.5, 0.6) is 0 Å². The van der Waals surface area contributed by atoms with Crippen LogP contribution < -0.4 is 0 Å². The molecule has 0 bridgehead atoms. The Morgan fingerprint density at radius 2 is 1.69 bits per heavy atom. The third kappa shape index (κ3) is 5.56. The molecule has 1 aliphatic heterocycles. The number of benzene rings is 2. The van der Waals surface area contributed by atoms with Gasteiger partial charge in [0.25, 0.3) is 0 Å². The lowest BCUT2D eigenvalue weighted by Gasteiger charge is -2.33. The molecule has 2 aromatic carbocycles. The summed E-state index contributed by atoms with van der Waals surface area (Å²) in [5.41, 5.74) is 3.29. The van der Waals surface area contributed by atoms with Crippen molar-refractivity contribution in [3.8, 4) is 0 Å². The van der Waals surface area contributed by atoms with Gasteiger partial charge in [-0.05, 0) is 48.5 Å². The lowest BCUT2D eigenvalue weighted by molar-refractivity contribution is 0.0971. The number of halogens is 1. The summed E-state index contributed by atoms with van der Waals surface area (Å²) < 4.78 is 0. The predicted molar refractivity (Wildman–Crippen MR) is 108 cm³/mol. The molecule has 2 aromatic rings. The molecule has 2 N–H and O–H groups in total. The summed E-state index contributed by atoms with van der Waals surface area (Å²) in [4.78, 5) is 2.35. The molecule has 0 radical (unpaired) electrons. The highest BCUT2D eigenvalue weighted by Crippen LogP contribution is 2.27. The van der Waals surface area contributed by atoms with E-state index in [0.717, 1.165) is 37.1 Å². The van der Waals surface area contributed by atoms with Crippen LogP contribution in [0, 0.1) is 0 Å². The van der Waals surface area contributed by atoms with E-state index in [9.17, 15) is 5.11 Å². The van der Waals surface area contributed by atoms with E-state index in [4.69, 9.17) is 5.21 Å². The topological polar surface area (TPSA) is 56.1 Å². The Balaban J connectivity index is 0.00000243. The number of aliphatic hydroxyl groups excluding tert-OH is 1. The predicted octanol–water partition coefficient (Wildman–Crippen LogP) is 3.70. The van der Waals surface area contributed by atoms with E-state index in [0.29, 0.717) is 18.9 Å². The molecular weight excluding hydrogens is 348 g/mol. The van der Waals surface area contributed by atoms with Crippen molar-refractivity contribution >= 4 is 18.6 Å². The minimum atomic E-state index is -0.415. The highest BCUT2D eigenvalue weighted by molar-refractivity contribution is 5.85. The highest BCUT2D eigenvalue weighted by atomic mass is 35.5. The molecule has 1 aliphatic rings. The smallest absolute Gasteiger partial charge is 0.0736 e. The van der Waals surface area contributed by atoms with Gasteiger partial charge in [-0.2, -0.15) is 0 Å². The van der Waals surface area contributed by atoms with Gasteiger partial charge < -0.3 is 15.2 Å². The first kappa shape index (κ1) is 20.4. The molecule has 26 heavy (non-hydrogen) atoms. The van der Waals surface area contributed by atoms with Crippen molar-refractivity contribution in [2.45, 2.75) is 31.3 Å². The third-order valence-corrected chi connectivity index (χ3v) is 5.03. The lowest BCUT2D eigenvalue weighted by atomic mass is 9.89. The summed E-state index contributed by atoms with van der Waals surface area (Å²) in [6.45, 7) is 2.73. The van der Waals surface area contributed by atoms with Crippen LogP contribution >= 0.6 is 12.4 Å². The van der Waals surface area contributed by atoms with E-state index in [1.807, 2.05) is 24.3 Å². The van der Waals surface area contributed by atoms with Crippen LogP contribution in [0.15, 0.2) is 59.8 Å². The number of aliphatic hydroxyl groups is 1. The first-order chi connectivity index (χ1) is 12.3. The Morgan fingerprint density at radius 1 is 1.04 bits per heavy atom. The molecule has 140 valence electrons. The van der Waals surface area contributed by atoms with Gasteiger partial charge in [-0.1, -0.05) is 59.8 Å². The van der Waals surface area contributed by atoms with E-state index in [2.05, 4.69) is 40.4 Å². The van der Waals surface area contributed by atoms with E-state index in [1.165, 1.54) is 11.8 Å².